The van der Waals surface area contributed by atoms with E-state index in [1.54, 1.807) is 12.1 Å². The molecule has 148 valence electrons. The molecule has 1 unspecified atom stereocenters. The minimum Gasteiger partial charge on any atom is -0.459 e. The quantitative estimate of drug-likeness (QED) is 0.233. The van der Waals surface area contributed by atoms with Gasteiger partial charge in [0, 0.05) is 32.1 Å². The van der Waals surface area contributed by atoms with E-state index in [9.17, 15) is 4.79 Å². The lowest BCUT2D eigenvalue weighted by molar-refractivity contribution is 0.0926. The van der Waals surface area contributed by atoms with Crippen molar-refractivity contribution in [2.45, 2.75) is 26.7 Å². The number of benzene rings is 1. The number of carbonyl (C=O) groups is 1. The zero-order valence-electron chi connectivity index (χ0n) is 16.1. The third-order valence-electron chi connectivity index (χ3n) is 3.96. The normalized spacial score (nSPS) is 12.0. The Morgan fingerprint density at radius 3 is 2.44 bits per heavy atom. The molecule has 1 heterocycles. The number of hydrogen-bond acceptors (Lipinski definition) is 3. The first kappa shape index (κ1) is 23.0. The van der Waals surface area contributed by atoms with Crippen molar-refractivity contribution in [3.8, 4) is 0 Å². The first-order valence-corrected chi connectivity index (χ1v) is 9.00. The molecule has 0 saturated heterocycles. The zero-order chi connectivity index (χ0) is 18.8. The fourth-order valence-corrected chi connectivity index (χ4v) is 2.42. The molecule has 0 fully saturated rings. The van der Waals surface area contributed by atoms with Crippen molar-refractivity contribution in [3.05, 3.63) is 59.5 Å². The van der Waals surface area contributed by atoms with Gasteiger partial charge in [-0.1, -0.05) is 36.8 Å². The Kier molecular flexibility index (Phi) is 10.5. The van der Waals surface area contributed by atoms with E-state index >= 15 is 0 Å². The molecular weight excluding hydrogens is 455 g/mol. The maximum Gasteiger partial charge on any atom is 0.287 e. The van der Waals surface area contributed by atoms with Gasteiger partial charge in [-0.05, 0) is 31.5 Å². The van der Waals surface area contributed by atoms with E-state index in [0.29, 0.717) is 31.3 Å². The lowest BCUT2D eigenvalue weighted by atomic mass is 10.0. The van der Waals surface area contributed by atoms with Gasteiger partial charge < -0.3 is 20.4 Å². The molecule has 0 radical (unpaired) electrons. The summed E-state index contributed by atoms with van der Waals surface area (Å²) in [5, 5.41) is 9.25. The predicted molar refractivity (Wildman–Crippen MR) is 120 cm³/mol. The maximum absolute atomic E-state index is 11.8. The largest absolute Gasteiger partial charge is 0.459 e. The number of halogens is 1. The van der Waals surface area contributed by atoms with Crippen LogP contribution in [0.4, 0.5) is 0 Å². The van der Waals surface area contributed by atoms with Crippen LogP contribution < -0.4 is 16.0 Å². The smallest absolute Gasteiger partial charge is 0.287 e. The molecular formula is C20H29IN4O2. The Bertz CT molecular complexity index is 699. The lowest BCUT2D eigenvalue weighted by Gasteiger charge is -2.14. The molecule has 0 aliphatic rings. The van der Waals surface area contributed by atoms with E-state index in [0.717, 1.165) is 12.5 Å². The molecule has 1 aromatic heterocycles. The Morgan fingerprint density at radius 1 is 1.11 bits per heavy atom. The van der Waals surface area contributed by atoms with Gasteiger partial charge in [-0.2, -0.15) is 0 Å². The third-order valence-corrected chi connectivity index (χ3v) is 3.96. The molecule has 6 nitrogen and oxygen atoms in total. The van der Waals surface area contributed by atoms with Gasteiger partial charge >= 0.3 is 0 Å². The molecule has 3 N–H and O–H groups in total. The molecule has 0 spiro atoms. The van der Waals surface area contributed by atoms with Crippen LogP contribution in [0.3, 0.4) is 0 Å². The predicted octanol–water partition coefficient (Wildman–Crippen LogP) is 3.29. The van der Waals surface area contributed by atoms with E-state index in [-0.39, 0.29) is 29.9 Å². The number of rotatable bonds is 8. The highest BCUT2D eigenvalue weighted by Crippen LogP contribution is 2.15. The molecule has 1 aromatic carbocycles. The van der Waals surface area contributed by atoms with Crippen LogP contribution in [0.1, 0.15) is 41.4 Å². The summed E-state index contributed by atoms with van der Waals surface area (Å²) < 4.78 is 5.06. The first-order valence-electron chi connectivity index (χ1n) is 9.00. The summed E-state index contributed by atoms with van der Waals surface area (Å²) in [6, 6.07) is 11.9. The van der Waals surface area contributed by atoms with Gasteiger partial charge in [0.2, 0.25) is 0 Å². The highest BCUT2D eigenvalue weighted by atomic mass is 127. The summed E-state index contributed by atoms with van der Waals surface area (Å²) in [6.07, 6.45) is 1.48. The Hall–Kier alpha value is -2.03. The number of amides is 1. The Balaban J connectivity index is 0.00000364. The standard InChI is InChI=1S/C20H28N4O2.HI/c1-4-21-20(23-12-11-22-19(25)18-6-5-13-26-18)24-14-16(3)17-9-7-15(2)8-10-17;/h5-10,13,16H,4,11-12,14H2,1-3H3,(H,22,25)(H2,21,23,24);1H. The Morgan fingerprint density at radius 2 is 1.81 bits per heavy atom. The highest BCUT2D eigenvalue weighted by Gasteiger charge is 2.08. The van der Waals surface area contributed by atoms with Crippen molar-refractivity contribution in [2.75, 3.05) is 26.2 Å². The summed E-state index contributed by atoms with van der Waals surface area (Å²) in [5.41, 5.74) is 2.54. The number of carbonyl (C=O) groups excluding carboxylic acids is 1. The van der Waals surface area contributed by atoms with Crippen LogP contribution in [0.15, 0.2) is 52.1 Å². The van der Waals surface area contributed by atoms with Crippen LogP contribution in [-0.4, -0.2) is 38.0 Å². The van der Waals surface area contributed by atoms with Crippen LogP contribution >= 0.6 is 24.0 Å². The molecule has 0 aliphatic carbocycles. The average Bonchev–Trinajstić information content (AvgIpc) is 3.18. The van der Waals surface area contributed by atoms with E-state index in [2.05, 4.69) is 59.1 Å². The van der Waals surface area contributed by atoms with Crippen LogP contribution in [0.25, 0.3) is 0 Å². The second-order valence-electron chi connectivity index (χ2n) is 6.19. The molecule has 0 aliphatic heterocycles. The minimum atomic E-state index is -0.216. The molecule has 0 saturated carbocycles. The summed E-state index contributed by atoms with van der Waals surface area (Å²) in [5.74, 6) is 1.19. The number of aliphatic imine (C=N–C) groups is 1. The van der Waals surface area contributed by atoms with E-state index in [1.165, 1.54) is 17.4 Å². The highest BCUT2D eigenvalue weighted by molar-refractivity contribution is 14.0. The van der Waals surface area contributed by atoms with Crippen molar-refractivity contribution >= 4 is 35.8 Å². The van der Waals surface area contributed by atoms with Gasteiger partial charge in [0.05, 0.1) is 6.26 Å². The van der Waals surface area contributed by atoms with E-state index in [4.69, 9.17) is 4.42 Å². The minimum absolute atomic E-state index is 0. The number of hydrogen-bond donors (Lipinski definition) is 3. The van der Waals surface area contributed by atoms with Crippen molar-refractivity contribution in [2.24, 2.45) is 4.99 Å². The summed E-state index contributed by atoms with van der Waals surface area (Å²) in [4.78, 5) is 16.4. The molecule has 1 atom stereocenters. The molecule has 2 aromatic rings. The van der Waals surface area contributed by atoms with Gasteiger partial charge in [0.15, 0.2) is 11.7 Å². The zero-order valence-corrected chi connectivity index (χ0v) is 18.4. The topological polar surface area (TPSA) is 78.7 Å². The van der Waals surface area contributed by atoms with E-state index < -0.39 is 0 Å². The second kappa shape index (κ2) is 12.4. The van der Waals surface area contributed by atoms with E-state index in [1.807, 2.05) is 6.92 Å². The average molecular weight is 484 g/mol. The number of furan rings is 1. The summed E-state index contributed by atoms with van der Waals surface area (Å²) >= 11 is 0. The fraction of sp³-hybridized carbons (Fsp3) is 0.400. The molecule has 7 heteroatoms. The van der Waals surface area contributed by atoms with Gasteiger partial charge in [-0.3, -0.25) is 9.79 Å². The number of nitrogens with zero attached hydrogens (tertiary/aromatic N) is 1. The monoisotopic (exact) mass is 484 g/mol. The van der Waals surface area contributed by atoms with Gasteiger partial charge in [0.1, 0.15) is 0 Å². The lowest BCUT2D eigenvalue weighted by Crippen LogP contribution is -2.41. The van der Waals surface area contributed by atoms with Crippen LogP contribution in [0.5, 0.6) is 0 Å². The molecule has 27 heavy (non-hydrogen) atoms. The van der Waals surface area contributed by atoms with Gasteiger partial charge in [-0.25, -0.2) is 0 Å². The van der Waals surface area contributed by atoms with Crippen molar-refractivity contribution in [3.63, 3.8) is 0 Å². The molecule has 2 rings (SSSR count). The number of aryl methyl sites for hydroxylation is 1. The number of guanidine groups is 1. The summed E-state index contributed by atoms with van der Waals surface area (Å²) in [7, 11) is 0. The number of nitrogens with one attached hydrogen (secondary N) is 3. The van der Waals surface area contributed by atoms with Gasteiger partial charge in [0.25, 0.3) is 5.91 Å². The van der Waals surface area contributed by atoms with Crippen molar-refractivity contribution in [1.82, 2.24) is 16.0 Å². The maximum atomic E-state index is 11.8. The Labute approximate surface area is 178 Å². The molecule has 0 bridgehead atoms. The summed E-state index contributed by atoms with van der Waals surface area (Å²) in [6.45, 7) is 8.82. The fourth-order valence-electron chi connectivity index (χ4n) is 2.42. The van der Waals surface area contributed by atoms with Crippen LogP contribution in [0, 0.1) is 6.92 Å². The molecule has 1 amide bonds. The van der Waals surface area contributed by atoms with Crippen molar-refractivity contribution < 1.29 is 9.21 Å². The third kappa shape index (κ3) is 8.03. The van der Waals surface area contributed by atoms with Crippen LogP contribution in [0.2, 0.25) is 0 Å². The second-order valence-corrected chi connectivity index (χ2v) is 6.19. The van der Waals surface area contributed by atoms with Crippen molar-refractivity contribution in [1.29, 1.82) is 0 Å². The van der Waals surface area contributed by atoms with Gasteiger partial charge in [-0.15, -0.1) is 24.0 Å². The first-order chi connectivity index (χ1) is 12.6. The van der Waals surface area contributed by atoms with Crippen LogP contribution in [-0.2, 0) is 0 Å². The SMILES string of the molecule is CCNC(=NCC(C)c1ccc(C)cc1)NCCNC(=O)c1ccco1.I.